The fraction of sp³-hybridized carbons (Fsp3) is 0.387. The molecule has 4 atom stereocenters. The first-order valence-electron chi connectivity index (χ1n) is 14.3. The lowest BCUT2D eigenvalue weighted by Gasteiger charge is -2.43. The molecule has 4 N–H and O–H groups in total. The summed E-state index contributed by atoms with van der Waals surface area (Å²) in [5, 5.41) is 10.4. The van der Waals surface area contributed by atoms with E-state index in [0.29, 0.717) is 23.6 Å². The van der Waals surface area contributed by atoms with E-state index in [1.54, 1.807) is 57.4 Å². The van der Waals surface area contributed by atoms with Gasteiger partial charge < -0.3 is 21.3 Å². The summed E-state index contributed by atoms with van der Waals surface area (Å²) in [5.41, 5.74) is 8.22. The van der Waals surface area contributed by atoms with Gasteiger partial charge in [0.15, 0.2) is 0 Å². The van der Waals surface area contributed by atoms with Crippen LogP contribution < -0.4 is 16.4 Å². The molecule has 1 aliphatic carbocycles. The molecule has 3 aromatic heterocycles. The zero-order chi connectivity index (χ0) is 31.0. The first-order chi connectivity index (χ1) is 20.5. The van der Waals surface area contributed by atoms with Crippen molar-refractivity contribution in [2.24, 2.45) is 11.7 Å². The zero-order valence-electron chi connectivity index (χ0n) is 24.8. The fourth-order valence-corrected chi connectivity index (χ4v) is 6.10. The first kappa shape index (κ1) is 30.0. The van der Waals surface area contributed by atoms with Gasteiger partial charge in [-0.3, -0.25) is 14.6 Å². The summed E-state index contributed by atoms with van der Waals surface area (Å²) in [6.07, 6.45) is 6.50. The molecule has 0 unspecified atom stereocenters. The summed E-state index contributed by atoms with van der Waals surface area (Å²) in [5.74, 6) is -1.90. The molecule has 0 saturated heterocycles. The Bertz CT molecular complexity index is 1660. The smallest absolute Gasteiger partial charge is 0.254 e. The number of imidazole rings is 1. The Morgan fingerprint density at radius 2 is 1.88 bits per heavy atom. The number of fused-ring (bicyclic) bond motifs is 1. The van der Waals surface area contributed by atoms with Gasteiger partial charge in [-0.15, -0.1) is 0 Å². The first-order valence-corrected chi connectivity index (χ1v) is 14.3. The van der Waals surface area contributed by atoms with Gasteiger partial charge in [-0.25, -0.2) is 13.8 Å². The van der Waals surface area contributed by atoms with E-state index in [0.717, 1.165) is 24.1 Å². The van der Waals surface area contributed by atoms with Crippen molar-refractivity contribution >= 4 is 29.0 Å². The van der Waals surface area contributed by atoms with Crippen molar-refractivity contribution in [2.75, 3.05) is 12.4 Å². The van der Waals surface area contributed by atoms with Crippen molar-refractivity contribution in [3.8, 4) is 11.3 Å². The van der Waals surface area contributed by atoms with Crippen LogP contribution in [0.15, 0.2) is 48.9 Å². The van der Waals surface area contributed by atoms with Crippen LogP contribution in [-0.4, -0.2) is 61.5 Å². The molecule has 226 valence electrons. The zero-order valence-corrected chi connectivity index (χ0v) is 24.8. The van der Waals surface area contributed by atoms with E-state index >= 15 is 4.39 Å². The van der Waals surface area contributed by atoms with E-state index in [2.05, 4.69) is 32.6 Å². The molecule has 0 aliphatic heterocycles. The fourth-order valence-electron chi connectivity index (χ4n) is 6.10. The van der Waals surface area contributed by atoms with Crippen LogP contribution in [0.25, 0.3) is 16.8 Å². The number of nitrogens with one attached hydrogen (secondary N) is 2. The Morgan fingerprint density at radius 1 is 1.12 bits per heavy atom. The normalized spacial score (nSPS) is 20.3. The van der Waals surface area contributed by atoms with Crippen LogP contribution in [-0.2, 0) is 4.79 Å². The van der Waals surface area contributed by atoms with Gasteiger partial charge in [0.05, 0.1) is 40.4 Å². The number of carbonyl (C=O) groups is 2. The number of amides is 2. The van der Waals surface area contributed by atoms with E-state index in [-0.39, 0.29) is 47.1 Å². The summed E-state index contributed by atoms with van der Waals surface area (Å²) >= 11 is 0. The van der Waals surface area contributed by atoms with Crippen molar-refractivity contribution in [2.45, 2.75) is 64.6 Å². The Kier molecular flexibility index (Phi) is 8.41. The minimum Gasteiger partial charge on any atom is -0.350 e. The quantitative estimate of drug-likeness (QED) is 0.286. The molecule has 43 heavy (non-hydrogen) atoms. The largest absolute Gasteiger partial charge is 0.350 e. The average molecular weight is 591 g/mol. The average Bonchev–Trinajstić information content (AvgIpc) is 3.34. The minimum atomic E-state index is -0.995. The maximum absolute atomic E-state index is 15.5. The number of likely N-dealkylation sites (N-methyl/N-ethyl adjacent to an activating group) is 1. The molecule has 12 heteroatoms. The van der Waals surface area contributed by atoms with Crippen LogP contribution in [0.1, 0.15) is 62.4 Å². The lowest BCUT2D eigenvalue weighted by molar-refractivity contribution is -0.131. The van der Waals surface area contributed by atoms with Crippen molar-refractivity contribution in [3.05, 3.63) is 71.7 Å². The monoisotopic (exact) mass is 590 g/mol. The summed E-state index contributed by atoms with van der Waals surface area (Å²) in [7, 11) is 1.79. The molecule has 3 heterocycles. The van der Waals surface area contributed by atoms with Crippen molar-refractivity contribution in [3.63, 3.8) is 0 Å². The van der Waals surface area contributed by atoms with Crippen molar-refractivity contribution < 1.29 is 18.4 Å². The highest BCUT2D eigenvalue weighted by Gasteiger charge is 2.38. The van der Waals surface area contributed by atoms with Crippen LogP contribution >= 0.6 is 0 Å². The molecule has 0 bridgehead atoms. The van der Waals surface area contributed by atoms with E-state index in [4.69, 9.17) is 5.73 Å². The van der Waals surface area contributed by atoms with Gasteiger partial charge >= 0.3 is 0 Å². The minimum absolute atomic E-state index is 0.00173. The maximum Gasteiger partial charge on any atom is 0.254 e. The predicted molar refractivity (Wildman–Crippen MR) is 160 cm³/mol. The molecule has 1 aliphatic rings. The standard InChI is InChI=1S/C31H36F2N8O2/c1-16(2)37-30(43)22-7-8-23(32)27(28(22)33)25-9-6-20-14-36-31(41(20)39-25)38-26-15-35-11-10-21(26)19-12-17(3)29(24(34)13-19)40(5)18(4)42/h6-11,14-17,19,24,29H,12-13,34H2,1-5H3,(H,36,38)(H,37,43)/t17-,19+,24+,29-/m0/s1. The number of nitrogens with zero attached hydrogens (tertiary/aromatic N) is 5. The maximum atomic E-state index is 15.5. The summed E-state index contributed by atoms with van der Waals surface area (Å²) in [6.45, 7) is 7.17. The highest BCUT2D eigenvalue weighted by Crippen LogP contribution is 2.40. The number of rotatable bonds is 7. The molecule has 0 spiro atoms. The van der Waals surface area contributed by atoms with Gasteiger partial charge in [0.25, 0.3) is 5.91 Å². The van der Waals surface area contributed by atoms with Gasteiger partial charge in [-0.05, 0) is 74.4 Å². The number of aromatic nitrogens is 4. The topological polar surface area (TPSA) is 131 Å². The SMILES string of the molecule is CC(=O)N(C)[C@@H]1[C@H](N)C[C@H](c2ccncc2Nc2ncc3ccc(-c4c(F)ccc(C(=O)NC(C)C)c4F)nn23)C[C@@H]1C. The second-order valence-electron chi connectivity index (χ2n) is 11.6. The third-order valence-corrected chi connectivity index (χ3v) is 8.12. The molecule has 1 fully saturated rings. The Hall–Kier alpha value is -4.45. The molecule has 10 nitrogen and oxygen atoms in total. The Morgan fingerprint density at radius 3 is 2.58 bits per heavy atom. The lowest BCUT2D eigenvalue weighted by atomic mass is 9.73. The third-order valence-electron chi connectivity index (χ3n) is 8.12. The van der Waals surface area contributed by atoms with Gasteiger partial charge in [-0.1, -0.05) is 6.92 Å². The highest BCUT2D eigenvalue weighted by molar-refractivity contribution is 5.96. The summed E-state index contributed by atoms with van der Waals surface area (Å²) < 4.78 is 31.9. The van der Waals surface area contributed by atoms with Gasteiger partial charge in [-0.2, -0.15) is 9.61 Å². The lowest BCUT2D eigenvalue weighted by Crippen LogP contribution is -2.54. The van der Waals surface area contributed by atoms with Gasteiger partial charge in [0.1, 0.15) is 11.6 Å². The van der Waals surface area contributed by atoms with Gasteiger partial charge in [0.2, 0.25) is 11.9 Å². The predicted octanol–water partition coefficient (Wildman–Crippen LogP) is 4.64. The second kappa shape index (κ2) is 12.0. The highest BCUT2D eigenvalue weighted by atomic mass is 19.1. The molecular weight excluding hydrogens is 554 g/mol. The van der Waals surface area contributed by atoms with E-state index in [9.17, 15) is 14.0 Å². The van der Waals surface area contributed by atoms with Crippen LogP contribution in [0.5, 0.6) is 0 Å². The number of benzene rings is 1. The number of hydrogen-bond donors (Lipinski definition) is 3. The van der Waals surface area contributed by atoms with E-state index < -0.39 is 23.1 Å². The number of nitrogens with two attached hydrogens (primary N) is 1. The molecule has 1 saturated carbocycles. The second-order valence-corrected chi connectivity index (χ2v) is 11.6. The molecule has 1 aromatic carbocycles. The van der Waals surface area contributed by atoms with Crippen LogP contribution in [0.2, 0.25) is 0 Å². The number of anilines is 2. The number of pyridine rings is 1. The summed E-state index contributed by atoms with van der Waals surface area (Å²) in [6, 6.07) is 6.78. The number of carbonyl (C=O) groups excluding carboxylic acids is 2. The molecule has 2 amide bonds. The molecular formula is C31H36F2N8O2. The van der Waals surface area contributed by atoms with Gasteiger partial charge in [0, 0.05) is 38.3 Å². The van der Waals surface area contributed by atoms with Crippen LogP contribution in [0.3, 0.4) is 0 Å². The van der Waals surface area contributed by atoms with Crippen LogP contribution in [0, 0.1) is 17.6 Å². The van der Waals surface area contributed by atoms with Crippen molar-refractivity contribution in [1.29, 1.82) is 0 Å². The van der Waals surface area contributed by atoms with Crippen molar-refractivity contribution in [1.82, 2.24) is 29.8 Å². The molecule has 0 radical (unpaired) electrons. The van der Waals surface area contributed by atoms with Crippen LogP contribution in [0.4, 0.5) is 20.4 Å². The number of hydrogen-bond acceptors (Lipinski definition) is 7. The third kappa shape index (κ3) is 5.92. The van der Waals surface area contributed by atoms with E-state index in [1.165, 1.54) is 10.6 Å². The summed E-state index contributed by atoms with van der Waals surface area (Å²) in [4.78, 5) is 35.1. The molecule has 5 rings (SSSR count). The molecule has 4 aromatic rings. The number of halogens is 2. The Labute approximate surface area is 248 Å². The van der Waals surface area contributed by atoms with E-state index in [1.807, 2.05) is 6.07 Å². The Balaban J connectivity index is 1.47.